The van der Waals surface area contributed by atoms with Crippen LogP contribution in [-0.4, -0.2) is 16.2 Å². The van der Waals surface area contributed by atoms with Gasteiger partial charge in [-0.2, -0.15) is 0 Å². The van der Waals surface area contributed by atoms with Crippen LogP contribution in [0.2, 0.25) is 0 Å². The number of fused-ring (bicyclic) bond motifs is 1. The average molecular weight is 390 g/mol. The maximum atomic E-state index is 11.8. The zero-order valence-corrected chi connectivity index (χ0v) is 16.4. The molecule has 0 radical (unpaired) electrons. The molecule has 0 aliphatic heterocycles. The van der Waals surface area contributed by atoms with Crippen molar-refractivity contribution in [1.29, 1.82) is 0 Å². The summed E-state index contributed by atoms with van der Waals surface area (Å²) >= 11 is 0. The predicted molar refractivity (Wildman–Crippen MR) is 112 cm³/mol. The van der Waals surface area contributed by atoms with Crippen LogP contribution in [0.15, 0.2) is 58.3 Å². The number of H-pyrrole nitrogens is 1. The van der Waals surface area contributed by atoms with Crippen LogP contribution in [0, 0.1) is 13.8 Å². The predicted octanol–water partition coefficient (Wildman–Crippen LogP) is 3.59. The van der Waals surface area contributed by atoms with Crippen LogP contribution < -0.4 is 20.7 Å². The highest BCUT2D eigenvalue weighted by molar-refractivity contribution is 5.67. The molecule has 6 heteroatoms. The molecule has 1 heterocycles. The molecule has 0 saturated carbocycles. The van der Waals surface area contributed by atoms with Gasteiger partial charge in [0.2, 0.25) is 0 Å². The molecule has 1 aromatic heterocycles. The molecule has 1 aliphatic rings. The van der Waals surface area contributed by atoms with Crippen molar-refractivity contribution in [2.45, 2.75) is 26.8 Å². The molecular weight excluding hydrogens is 368 g/mol. The Morgan fingerprint density at radius 3 is 2.66 bits per heavy atom. The third-order valence-electron chi connectivity index (χ3n) is 4.80. The summed E-state index contributed by atoms with van der Waals surface area (Å²) in [6.45, 7) is 4.61. The Kier molecular flexibility index (Phi) is 5.08. The number of rotatable bonds is 6. The van der Waals surface area contributed by atoms with Gasteiger partial charge in [0.1, 0.15) is 12.4 Å². The third-order valence-corrected chi connectivity index (χ3v) is 4.80. The molecule has 29 heavy (non-hydrogen) atoms. The minimum absolute atomic E-state index is 0.261. The molecule has 0 fully saturated rings. The fourth-order valence-corrected chi connectivity index (χ4v) is 3.39. The third kappa shape index (κ3) is 4.16. The van der Waals surface area contributed by atoms with Gasteiger partial charge in [0.25, 0.3) is 5.56 Å². The minimum Gasteiger partial charge on any atom is -0.488 e. The number of benzene rings is 2. The molecule has 148 valence electrons. The van der Waals surface area contributed by atoms with Gasteiger partial charge in [-0.05, 0) is 55.2 Å². The topological polar surface area (TPSA) is 73.3 Å². The minimum atomic E-state index is -0.455. The number of nitrogens with zero attached hydrogens (tertiary/aromatic N) is 1. The van der Waals surface area contributed by atoms with Crippen LogP contribution in [0.3, 0.4) is 0 Å². The quantitative estimate of drug-likeness (QED) is 0.698. The van der Waals surface area contributed by atoms with Gasteiger partial charge in [-0.3, -0.25) is 14.3 Å². The molecule has 0 atom stereocenters. The highest BCUT2D eigenvalue weighted by Crippen LogP contribution is 2.37. The van der Waals surface area contributed by atoms with Gasteiger partial charge in [0, 0.05) is 17.8 Å². The molecule has 1 N–H and O–H groups in total. The van der Waals surface area contributed by atoms with Crippen molar-refractivity contribution in [2.24, 2.45) is 0 Å². The van der Waals surface area contributed by atoms with Gasteiger partial charge in [-0.15, -0.1) is 0 Å². The summed E-state index contributed by atoms with van der Waals surface area (Å²) in [7, 11) is 0. The van der Waals surface area contributed by atoms with Crippen molar-refractivity contribution in [3.63, 3.8) is 0 Å². The van der Waals surface area contributed by atoms with E-state index in [0.717, 1.165) is 28.9 Å². The first-order chi connectivity index (χ1) is 14.0. The average Bonchev–Trinajstić information content (AvgIpc) is 3.14. The van der Waals surface area contributed by atoms with Crippen LogP contribution in [0.4, 0.5) is 0 Å². The Hall–Kier alpha value is -3.54. The molecule has 4 rings (SSSR count). The number of hydrogen-bond acceptors (Lipinski definition) is 4. The maximum absolute atomic E-state index is 11.8. The van der Waals surface area contributed by atoms with E-state index in [4.69, 9.17) is 9.47 Å². The number of nitrogens with one attached hydrogen (secondary N) is 1. The van der Waals surface area contributed by atoms with E-state index in [2.05, 4.69) is 30.1 Å². The van der Waals surface area contributed by atoms with Gasteiger partial charge in [0.15, 0.2) is 11.5 Å². The monoisotopic (exact) mass is 390 g/mol. The lowest BCUT2D eigenvalue weighted by atomic mass is 10.1. The smallest absolute Gasteiger partial charge is 0.328 e. The lowest BCUT2D eigenvalue weighted by Crippen LogP contribution is -2.30. The zero-order chi connectivity index (χ0) is 20.4. The van der Waals surface area contributed by atoms with Crippen molar-refractivity contribution >= 4 is 6.08 Å². The number of hydrogen-bond donors (Lipinski definition) is 1. The lowest BCUT2D eigenvalue weighted by Gasteiger charge is -2.16. The Morgan fingerprint density at radius 2 is 1.83 bits per heavy atom. The van der Waals surface area contributed by atoms with E-state index in [1.165, 1.54) is 22.4 Å². The molecule has 0 spiro atoms. The largest absolute Gasteiger partial charge is 0.488 e. The van der Waals surface area contributed by atoms with Crippen molar-refractivity contribution in [1.82, 2.24) is 9.55 Å². The van der Waals surface area contributed by atoms with Crippen LogP contribution in [0.25, 0.3) is 6.08 Å². The summed E-state index contributed by atoms with van der Waals surface area (Å²) in [5.74, 6) is 2.04. The first-order valence-electron chi connectivity index (χ1n) is 9.51. The summed E-state index contributed by atoms with van der Waals surface area (Å²) < 4.78 is 13.6. The summed E-state index contributed by atoms with van der Waals surface area (Å²) in [6.07, 6.45) is 6.59. The first-order valence-corrected chi connectivity index (χ1v) is 9.51. The fourth-order valence-electron chi connectivity index (χ4n) is 3.39. The van der Waals surface area contributed by atoms with Crippen molar-refractivity contribution in [3.05, 3.63) is 91.8 Å². The van der Waals surface area contributed by atoms with Gasteiger partial charge >= 0.3 is 5.69 Å². The van der Waals surface area contributed by atoms with Crippen LogP contribution in [0.1, 0.15) is 22.3 Å². The summed E-state index contributed by atoms with van der Waals surface area (Å²) in [5.41, 5.74) is 3.68. The zero-order valence-electron chi connectivity index (χ0n) is 16.4. The van der Waals surface area contributed by atoms with Gasteiger partial charge < -0.3 is 9.47 Å². The molecule has 0 unspecified atom stereocenters. The van der Waals surface area contributed by atoms with Crippen LogP contribution in [0.5, 0.6) is 17.2 Å². The molecule has 3 aromatic rings. The second kappa shape index (κ2) is 7.83. The molecule has 1 aliphatic carbocycles. The van der Waals surface area contributed by atoms with E-state index < -0.39 is 11.2 Å². The SMILES string of the molecule is Cc1ccc(Oc2cc(C)cc3c2C=CC3)c(OCCn2ccc(=O)[nH]c2=O)c1. The fraction of sp³-hybridized carbons (Fsp3) is 0.217. The van der Waals surface area contributed by atoms with Crippen molar-refractivity contribution in [2.75, 3.05) is 6.61 Å². The van der Waals surface area contributed by atoms with Gasteiger partial charge in [-0.25, -0.2) is 4.79 Å². The van der Waals surface area contributed by atoms with Crippen molar-refractivity contribution in [3.8, 4) is 17.2 Å². The molecule has 0 amide bonds. The second-order valence-corrected chi connectivity index (χ2v) is 7.15. The van der Waals surface area contributed by atoms with E-state index >= 15 is 0 Å². The maximum Gasteiger partial charge on any atom is 0.328 e. The first kappa shape index (κ1) is 18.8. The Bertz CT molecular complexity index is 1200. The molecular formula is C23H22N2O4. The highest BCUT2D eigenvalue weighted by Gasteiger charge is 2.15. The highest BCUT2D eigenvalue weighted by atomic mass is 16.5. The molecule has 0 bridgehead atoms. The Balaban J connectivity index is 1.55. The van der Waals surface area contributed by atoms with Crippen LogP contribution >= 0.6 is 0 Å². The van der Waals surface area contributed by atoms with Crippen LogP contribution in [-0.2, 0) is 13.0 Å². The number of ether oxygens (including phenoxy) is 2. The van der Waals surface area contributed by atoms with E-state index in [0.29, 0.717) is 18.0 Å². The van der Waals surface area contributed by atoms with E-state index in [1.807, 2.05) is 31.2 Å². The van der Waals surface area contributed by atoms with Gasteiger partial charge in [0.05, 0.1) is 6.54 Å². The van der Waals surface area contributed by atoms with Crippen molar-refractivity contribution < 1.29 is 9.47 Å². The lowest BCUT2D eigenvalue weighted by molar-refractivity contribution is 0.283. The summed E-state index contributed by atoms with van der Waals surface area (Å²) in [4.78, 5) is 25.2. The molecule has 6 nitrogen and oxygen atoms in total. The summed E-state index contributed by atoms with van der Waals surface area (Å²) in [6, 6.07) is 11.3. The van der Waals surface area contributed by atoms with E-state index in [1.54, 1.807) is 0 Å². The Labute approximate surface area is 168 Å². The number of aromatic nitrogens is 2. The molecule has 0 saturated heterocycles. The summed E-state index contributed by atoms with van der Waals surface area (Å²) in [5, 5.41) is 0. The normalized spacial score (nSPS) is 12.1. The number of aromatic amines is 1. The second-order valence-electron chi connectivity index (χ2n) is 7.15. The standard InChI is InChI=1S/C23H22N2O4/c1-15-6-7-19(29-20-14-16(2)12-17-4-3-5-18(17)20)21(13-15)28-11-10-25-9-8-22(26)24-23(25)27/h3,5-9,12-14H,4,10-11H2,1-2H3,(H,24,26,27). The van der Waals surface area contributed by atoms with Gasteiger partial charge in [-0.1, -0.05) is 24.3 Å². The van der Waals surface area contributed by atoms with E-state index in [-0.39, 0.29) is 6.61 Å². The van der Waals surface area contributed by atoms with E-state index in [9.17, 15) is 9.59 Å². The Morgan fingerprint density at radius 1 is 1.00 bits per heavy atom. The number of aryl methyl sites for hydroxylation is 2. The molecule has 2 aromatic carbocycles. The number of allylic oxidation sites excluding steroid dienone is 1.